The van der Waals surface area contributed by atoms with Crippen LogP contribution >= 0.6 is 0 Å². The van der Waals surface area contributed by atoms with Crippen LogP contribution in [0.25, 0.3) is 0 Å². The molecular formula is C14H26. The zero-order valence-electron chi connectivity index (χ0n) is 9.80. The molecule has 82 valence electrons. The second-order valence-electron chi connectivity index (χ2n) is 5.54. The van der Waals surface area contributed by atoms with Crippen molar-refractivity contribution in [3.63, 3.8) is 0 Å². The zero-order valence-corrected chi connectivity index (χ0v) is 9.80. The molecule has 0 unspecified atom stereocenters. The van der Waals surface area contributed by atoms with Gasteiger partial charge in [-0.1, -0.05) is 64.7 Å². The van der Waals surface area contributed by atoms with E-state index in [1.54, 1.807) is 25.7 Å². The normalized spacial score (nSPS) is 37.9. The van der Waals surface area contributed by atoms with Crippen molar-refractivity contribution in [2.75, 3.05) is 0 Å². The van der Waals surface area contributed by atoms with Gasteiger partial charge >= 0.3 is 0 Å². The Hall–Kier alpha value is 0. The summed E-state index contributed by atoms with van der Waals surface area (Å²) in [4.78, 5) is 0. The van der Waals surface area contributed by atoms with Gasteiger partial charge < -0.3 is 0 Å². The fourth-order valence-electron chi connectivity index (χ4n) is 3.90. The zero-order chi connectivity index (χ0) is 9.80. The first-order chi connectivity index (χ1) is 6.92. The van der Waals surface area contributed by atoms with E-state index < -0.39 is 0 Å². The summed E-state index contributed by atoms with van der Waals surface area (Å²) in [5.41, 5.74) is 0. The molecule has 0 aromatic rings. The molecule has 0 aromatic carbocycles. The van der Waals surface area contributed by atoms with Gasteiger partial charge in [-0.15, -0.1) is 0 Å². The maximum atomic E-state index is 2.33. The minimum Gasteiger partial charge on any atom is -0.0654 e. The number of unbranched alkanes of at least 4 members (excludes halogenated alkanes) is 1. The second kappa shape index (κ2) is 5.19. The predicted octanol–water partition coefficient (Wildman–Crippen LogP) is 4.78. The predicted molar refractivity (Wildman–Crippen MR) is 62.3 cm³/mol. The summed E-state index contributed by atoms with van der Waals surface area (Å²) in [5.74, 6) is 3.40. The first-order valence-electron chi connectivity index (χ1n) is 6.92. The third kappa shape index (κ3) is 2.32. The Balaban J connectivity index is 1.88. The quantitative estimate of drug-likeness (QED) is 0.606. The van der Waals surface area contributed by atoms with Crippen LogP contribution in [0.1, 0.15) is 71.1 Å². The van der Waals surface area contributed by atoms with E-state index in [4.69, 9.17) is 0 Å². The molecule has 2 saturated carbocycles. The van der Waals surface area contributed by atoms with Crippen molar-refractivity contribution in [3.05, 3.63) is 0 Å². The van der Waals surface area contributed by atoms with Crippen LogP contribution in [0, 0.1) is 17.8 Å². The smallest absolute Gasteiger partial charge is 0.0357 e. The molecule has 0 amide bonds. The molecule has 0 bridgehead atoms. The molecule has 14 heavy (non-hydrogen) atoms. The van der Waals surface area contributed by atoms with E-state index in [1.807, 2.05) is 0 Å². The topological polar surface area (TPSA) is 0 Å². The third-order valence-electron chi connectivity index (χ3n) is 4.65. The van der Waals surface area contributed by atoms with Crippen LogP contribution in [0.15, 0.2) is 0 Å². The summed E-state index contributed by atoms with van der Waals surface area (Å²) < 4.78 is 0. The Morgan fingerprint density at radius 2 is 1.71 bits per heavy atom. The molecule has 3 atom stereocenters. The van der Waals surface area contributed by atoms with E-state index in [0.29, 0.717) is 0 Å². The molecule has 0 N–H and O–H groups in total. The minimum absolute atomic E-state index is 1.12. The minimum atomic E-state index is 1.12. The van der Waals surface area contributed by atoms with Gasteiger partial charge in [-0.3, -0.25) is 0 Å². The molecule has 0 saturated heterocycles. The second-order valence-corrected chi connectivity index (χ2v) is 5.54. The lowest BCUT2D eigenvalue weighted by Crippen LogP contribution is -2.30. The average molecular weight is 194 g/mol. The molecule has 2 rings (SSSR count). The molecule has 0 heterocycles. The number of hydrogen-bond acceptors (Lipinski definition) is 0. The SMILES string of the molecule is CCCC[C@H]1CCC[C@@H]2CCCC[C@H]12. The van der Waals surface area contributed by atoms with Gasteiger partial charge in [-0.05, 0) is 24.2 Å². The van der Waals surface area contributed by atoms with E-state index in [9.17, 15) is 0 Å². The van der Waals surface area contributed by atoms with E-state index >= 15 is 0 Å². The fraction of sp³-hybridized carbons (Fsp3) is 1.00. The summed E-state index contributed by atoms with van der Waals surface area (Å²) in [6.07, 6.45) is 15.3. The van der Waals surface area contributed by atoms with Crippen molar-refractivity contribution < 1.29 is 0 Å². The van der Waals surface area contributed by atoms with Crippen molar-refractivity contribution in [1.29, 1.82) is 0 Å². The third-order valence-corrected chi connectivity index (χ3v) is 4.65. The Kier molecular flexibility index (Phi) is 3.89. The van der Waals surface area contributed by atoms with Crippen LogP contribution in [0.5, 0.6) is 0 Å². The van der Waals surface area contributed by atoms with E-state index in [-0.39, 0.29) is 0 Å². The lowest BCUT2D eigenvalue weighted by molar-refractivity contribution is 0.0965. The van der Waals surface area contributed by atoms with E-state index in [0.717, 1.165) is 17.8 Å². The summed E-state index contributed by atoms with van der Waals surface area (Å²) in [5, 5.41) is 0. The Bertz CT molecular complexity index is 159. The highest BCUT2D eigenvalue weighted by Gasteiger charge is 2.33. The van der Waals surface area contributed by atoms with Crippen LogP contribution in [0.2, 0.25) is 0 Å². The molecule has 0 heteroatoms. The average Bonchev–Trinajstić information content (AvgIpc) is 2.26. The summed E-state index contributed by atoms with van der Waals surface area (Å²) in [6, 6.07) is 0. The van der Waals surface area contributed by atoms with Gasteiger partial charge in [0.25, 0.3) is 0 Å². The number of hydrogen-bond donors (Lipinski definition) is 0. The maximum Gasteiger partial charge on any atom is -0.0357 e. The number of fused-ring (bicyclic) bond motifs is 1. The molecule has 0 spiro atoms. The van der Waals surface area contributed by atoms with Crippen LogP contribution in [-0.2, 0) is 0 Å². The fourth-order valence-corrected chi connectivity index (χ4v) is 3.90. The van der Waals surface area contributed by atoms with Crippen molar-refractivity contribution in [2.45, 2.75) is 71.1 Å². The summed E-state index contributed by atoms with van der Waals surface area (Å²) >= 11 is 0. The van der Waals surface area contributed by atoms with Gasteiger partial charge in [-0.2, -0.15) is 0 Å². The van der Waals surface area contributed by atoms with Crippen molar-refractivity contribution >= 4 is 0 Å². The van der Waals surface area contributed by atoms with Gasteiger partial charge in [0.2, 0.25) is 0 Å². The Labute approximate surface area is 89.5 Å². The first-order valence-corrected chi connectivity index (χ1v) is 6.92. The maximum absolute atomic E-state index is 2.33. The molecule has 0 aromatic heterocycles. The lowest BCUT2D eigenvalue weighted by Gasteiger charge is -2.41. The van der Waals surface area contributed by atoms with Gasteiger partial charge in [0, 0.05) is 0 Å². The molecular weight excluding hydrogens is 168 g/mol. The Morgan fingerprint density at radius 1 is 0.929 bits per heavy atom. The largest absolute Gasteiger partial charge is 0.0654 e. The van der Waals surface area contributed by atoms with E-state index in [1.165, 1.54) is 38.5 Å². The standard InChI is InChI=1S/C14H26/c1-2-3-7-12-9-6-10-13-8-4-5-11-14(12)13/h12-14H,2-11H2,1H3/t12-,13-,14+/m0/s1. The summed E-state index contributed by atoms with van der Waals surface area (Å²) in [6.45, 7) is 2.33. The van der Waals surface area contributed by atoms with Crippen LogP contribution < -0.4 is 0 Å². The highest BCUT2D eigenvalue weighted by molar-refractivity contribution is 4.84. The first kappa shape index (κ1) is 10.5. The lowest BCUT2D eigenvalue weighted by atomic mass is 9.64. The monoisotopic (exact) mass is 194 g/mol. The van der Waals surface area contributed by atoms with Gasteiger partial charge in [-0.25, -0.2) is 0 Å². The van der Waals surface area contributed by atoms with Crippen LogP contribution in [0.4, 0.5) is 0 Å². The van der Waals surface area contributed by atoms with Gasteiger partial charge in [0.1, 0.15) is 0 Å². The van der Waals surface area contributed by atoms with Crippen molar-refractivity contribution in [3.8, 4) is 0 Å². The molecule has 2 aliphatic carbocycles. The molecule has 0 nitrogen and oxygen atoms in total. The van der Waals surface area contributed by atoms with Gasteiger partial charge in [0.15, 0.2) is 0 Å². The molecule has 0 radical (unpaired) electrons. The van der Waals surface area contributed by atoms with Crippen LogP contribution in [-0.4, -0.2) is 0 Å². The molecule has 2 aliphatic rings. The highest BCUT2D eigenvalue weighted by atomic mass is 14.4. The highest BCUT2D eigenvalue weighted by Crippen LogP contribution is 2.45. The van der Waals surface area contributed by atoms with Crippen LogP contribution in [0.3, 0.4) is 0 Å². The Morgan fingerprint density at radius 3 is 2.57 bits per heavy atom. The molecule has 2 fully saturated rings. The van der Waals surface area contributed by atoms with Crippen molar-refractivity contribution in [1.82, 2.24) is 0 Å². The number of rotatable bonds is 3. The summed E-state index contributed by atoms with van der Waals surface area (Å²) in [7, 11) is 0. The van der Waals surface area contributed by atoms with Crippen molar-refractivity contribution in [2.24, 2.45) is 17.8 Å². The van der Waals surface area contributed by atoms with E-state index in [2.05, 4.69) is 6.92 Å². The molecule has 0 aliphatic heterocycles. The van der Waals surface area contributed by atoms with Gasteiger partial charge in [0.05, 0.1) is 0 Å².